The molecule has 4 nitrogen and oxygen atoms in total. The fraction of sp³-hybridized carbons (Fsp3) is 0.562. The number of rotatable bonds is 3. The molecule has 3 bridgehead atoms. The largest absolute Gasteiger partial charge is 0.363 e. The SMILES string of the molecule is C[C@]12CC(=O)[C@@H]3C[C@@]1(O)O[C@H](O2)[C@H]3CSc1ccccc1. The Labute approximate surface area is 127 Å². The Morgan fingerprint density at radius 3 is 2.86 bits per heavy atom. The second-order valence-corrected chi connectivity index (χ2v) is 7.45. The smallest absolute Gasteiger partial charge is 0.198 e. The molecular weight excluding hydrogens is 288 g/mol. The summed E-state index contributed by atoms with van der Waals surface area (Å²) in [7, 11) is 0. The topological polar surface area (TPSA) is 55.8 Å². The molecule has 112 valence electrons. The highest BCUT2D eigenvalue weighted by molar-refractivity contribution is 7.99. The number of aliphatic hydroxyl groups is 1. The van der Waals surface area contributed by atoms with Crippen LogP contribution in [-0.4, -0.2) is 34.3 Å². The molecule has 5 atom stereocenters. The zero-order valence-corrected chi connectivity index (χ0v) is 12.6. The van der Waals surface area contributed by atoms with E-state index in [-0.39, 0.29) is 24.0 Å². The third-order valence-corrected chi connectivity index (χ3v) is 6.14. The molecule has 1 aliphatic carbocycles. The summed E-state index contributed by atoms with van der Waals surface area (Å²) in [5.74, 6) is -0.471. The molecular formula is C16H18O4S. The Hall–Kier alpha value is -0.880. The molecule has 0 unspecified atom stereocenters. The van der Waals surface area contributed by atoms with Gasteiger partial charge in [0.1, 0.15) is 11.4 Å². The van der Waals surface area contributed by atoms with E-state index in [1.165, 1.54) is 4.90 Å². The molecule has 2 aliphatic heterocycles. The van der Waals surface area contributed by atoms with E-state index in [1.54, 1.807) is 18.7 Å². The summed E-state index contributed by atoms with van der Waals surface area (Å²) in [5, 5.41) is 10.6. The number of carbonyl (C=O) groups is 1. The van der Waals surface area contributed by atoms with E-state index >= 15 is 0 Å². The first kappa shape index (κ1) is 13.8. The minimum absolute atomic E-state index is 0.00676. The van der Waals surface area contributed by atoms with Gasteiger partial charge in [0.15, 0.2) is 12.1 Å². The fourth-order valence-corrected chi connectivity index (χ4v) is 4.79. The van der Waals surface area contributed by atoms with Crippen molar-refractivity contribution in [2.45, 2.75) is 42.3 Å². The Bertz CT molecular complexity index is 577. The number of hydrogen-bond acceptors (Lipinski definition) is 5. The standard InChI is InChI=1S/C16H18O4S/c1-15-8-13(17)11-7-16(15,18)20-14(19-15)12(11)9-21-10-5-3-2-4-6-10/h2-6,11-12,14,18H,7-9H2,1H3/t11-,12+,14+,15+,16-/m1/s1. The average Bonchev–Trinajstić information content (AvgIpc) is 2.61. The molecule has 3 aliphatic rings. The number of carbonyl (C=O) groups excluding carboxylic acids is 1. The highest BCUT2D eigenvalue weighted by Gasteiger charge is 2.69. The van der Waals surface area contributed by atoms with E-state index in [2.05, 4.69) is 12.1 Å². The predicted octanol–water partition coefficient (Wildman–Crippen LogP) is 2.21. The number of ketones is 1. The van der Waals surface area contributed by atoms with Crippen LogP contribution in [0.15, 0.2) is 35.2 Å². The summed E-state index contributed by atoms with van der Waals surface area (Å²) >= 11 is 1.71. The van der Waals surface area contributed by atoms with Crippen LogP contribution in [0.4, 0.5) is 0 Å². The van der Waals surface area contributed by atoms with Crippen molar-refractivity contribution in [1.82, 2.24) is 0 Å². The first-order valence-corrected chi connectivity index (χ1v) is 8.28. The number of Topliss-reactive ketones (excluding diaryl/α,β-unsaturated/α-hetero) is 1. The van der Waals surface area contributed by atoms with Gasteiger partial charge in [-0.15, -0.1) is 11.8 Å². The Kier molecular flexibility index (Phi) is 2.99. The second kappa shape index (κ2) is 4.56. The van der Waals surface area contributed by atoms with Gasteiger partial charge in [0.05, 0.1) is 0 Å². The van der Waals surface area contributed by atoms with Crippen LogP contribution in [0.25, 0.3) is 0 Å². The van der Waals surface area contributed by atoms with Gasteiger partial charge in [-0.05, 0) is 19.1 Å². The van der Waals surface area contributed by atoms with Crippen LogP contribution < -0.4 is 0 Å². The number of fused-ring (bicyclic) bond motifs is 2. The van der Waals surface area contributed by atoms with Crippen molar-refractivity contribution in [1.29, 1.82) is 0 Å². The van der Waals surface area contributed by atoms with E-state index in [0.717, 1.165) is 5.75 Å². The van der Waals surface area contributed by atoms with Gasteiger partial charge < -0.3 is 14.6 Å². The molecule has 1 N–H and O–H groups in total. The summed E-state index contributed by atoms with van der Waals surface area (Å²) in [6, 6.07) is 10.1. The quantitative estimate of drug-likeness (QED) is 0.868. The van der Waals surface area contributed by atoms with Crippen LogP contribution in [0.1, 0.15) is 19.8 Å². The Morgan fingerprint density at radius 1 is 1.33 bits per heavy atom. The third kappa shape index (κ3) is 1.99. The molecule has 4 rings (SSSR count). The molecule has 3 fully saturated rings. The summed E-state index contributed by atoms with van der Waals surface area (Å²) < 4.78 is 11.7. The van der Waals surface area contributed by atoms with E-state index in [9.17, 15) is 9.90 Å². The maximum Gasteiger partial charge on any atom is 0.198 e. The lowest BCUT2D eigenvalue weighted by Crippen LogP contribution is -2.59. The van der Waals surface area contributed by atoms with Crippen LogP contribution in [0, 0.1) is 11.8 Å². The molecule has 1 aromatic carbocycles. The molecule has 0 radical (unpaired) electrons. The highest BCUT2D eigenvalue weighted by Crippen LogP contribution is 2.56. The van der Waals surface area contributed by atoms with E-state index < -0.39 is 17.7 Å². The maximum atomic E-state index is 12.4. The fourth-order valence-electron chi connectivity index (χ4n) is 3.67. The van der Waals surface area contributed by atoms with Gasteiger partial charge in [-0.1, -0.05) is 18.2 Å². The highest BCUT2D eigenvalue weighted by atomic mass is 32.2. The molecule has 5 heteroatoms. The minimum Gasteiger partial charge on any atom is -0.363 e. The van der Waals surface area contributed by atoms with Crippen molar-refractivity contribution in [3.63, 3.8) is 0 Å². The van der Waals surface area contributed by atoms with Crippen molar-refractivity contribution in [2.75, 3.05) is 5.75 Å². The molecule has 2 saturated heterocycles. The van der Waals surface area contributed by atoms with Gasteiger partial charge in [-0.25, -0.2) is 0 Å². The zero-order chi connectivity index (χ0) is 14.7. The van der Waals surface area contributed by atoms with Gasteiger partial charge in [-0.3, -0.25) is 4.79 Å². The summed E-state index contributed by atoms with van der Waals surface area (Å²) in [5.41, 5.74) is -0.878. The van der Waals surface area contributed by atoms with E-state index in [0.29, 0.717) is 6.42 Å². The van der Waals surface area contributed by atoms with Crippen LogP contribution in [0.5, 0.6) is 0 Å². The van der Waals surface area contributed by atoms with Crippen LogP contribution >= 0.6 is 11.8 Å². The van der Waals surface area contributed by atoms with Crippen molar-refractivity contribution in [3.8, 4) is 0 Å². The Morgan fingerprint density at radius 2 is 2.10 bits per heavy atom. The van der Waals surface area contributed by atoms with Gasteiger partial charge in [0.2, 0.25) is 0 Å². The van der Waals surface area contributed by atoms with Gasteiger partial charge in [-0.2, -0.15) is 0 Å². The lowest BCUT2D eigenvalue weighted by molar-refractivity contribution is -0.266. The first-order valence-electron chi connectivity index (χ1n) is 7.29. The molecule has 2 heterocycles. The van der Waals surface area contributed by atoms with Crippen molar-refractivity contribution in [2.24, 2.45) is 11.8 Å². The number of thioether (sulfide) groups is 1. The Balaban J connectivity index is 1.56. The molecule has 1 aromatic rings. The van der Waals surface area contributed by atoms with Crippen LogP contribution in [-0.2, 0) is 14.3 Å². The molecule has 0 amide bonds. The lowest BCUT2D eigenvalue weighted by Gasteiger charge is -2.45. The van der Waals surface area contributed by atoms with Gasteiger partial charge in [0.25, 0.3) is 0 Å². The van der Waals surface area contributed by atoms with Crippen molar-refractivity contribution in [3.05, 3.63) is 30.3 Å². The average molecular weight is 306 g/mol. The molecule has 1 saturated carbocycles. The predicted molar refractivity (Wildman–Crippen MR) is 77.7 cm³/mol. The second-order valence-electron chi connectivity index (χ2n) is 6.36. The number of benzene rings is 1. The molecule has 21 heavy (non-hydrogen) atoms. The minimum atomic E-state index is -1.29. The molecule has 0 aromatic heterocycles. The van der Waals surface area contributed by atoms with Gasteiger partial charge in [0, 0.05) is 35.3 Å². The maximum absolute atomic E-state index is 12.4. The monoisotopic (exact) mass is 306 g/mol. The number of ether oxygens (including phenoxy) is 2. The van der Waals surface area contributed by atoms with E-state index in [1.807, 2.05) is 18.2 Å². The summed E-state index contributed by atoms with van der Waals surface area (Å²) in [6.45, 7) is 1.79. The van der Waals surface area contributed by atoms with Gasteiger partial charge >= 0.3 is 0 Å². The third-order valence-electron chi connectivity index (χ3n) is 4.99. The van der Waals surface area contributed by atoms with Crippen LogP contribution in [0.3, 0.4) is 0 Å². The zero-order valence-electron chi connectivity index (χ0n) is 11.8. The van der Waals surface area contributed by atoms with Crippen molar-refractivity contribution >= 4 is 17.5 Å². The molecule has 0 spiro atoms. The van der Waals surface area contributed by atoms with Crippen molar-refractivity contribution < 1.29 is 19.4 Å². The number of hydrogen-bond donors (Lipinski definition) is 1. The van der Waals surface area contributed by atoms with Crippen LogP contribution in [0.2, 0.25) is 0 Å². The lowest BCUT2D eigenvalue weighted by atomic mass is 9.70. The summed E-state index contributed by atoms with van der Waals surface area (Å²) in [6.07, 6.45) is 0.136. The van der Waals surface area contributed by atoms with E-state index in [4.69, 9.17) is 9.47 Å². The summed E-state index contributed by atoms with van der Waals surface area (Å²) in [4.78, 5) is 13.5. The first-order chi connectivity index (χ1) is 10.0. The normalized spacial score (nSPS) is 44.3.